The summed E-state index contributed by atoms with van der Waals surface area (Å²) >= 11 is 1.50. The summed E-state index contributed by atoms with van der Waals surface area (Å²) in [6, 6.07) is 5.99. The minimum atomic E-state index is 0.0270. The molecule has 1 aliphatic rings. The zero-order valence-corrected chi connectivity index (χ0v) is 12.7. The van der Waals surface area contributed by atoms with Crippen molar-refractivity contribution >= 4 is 22.9 Å². The molecular weight excluding hydrogens is 286 g/mol. The standard InChI is InChI=1S/C15H15N3O2S/c1-8-3-6-12-11(7-8)16-15(19-12)21-9(2)14-17-13(18-20-14)10-4-5-10/h3,6-7,9-10H,4-5H2,1-2H3. The molecule has 108 valence electrons. The molecule has 0 saturated heterocycles. The maximum Gasteiger partial charge on any atom is 0.257 e. The fourth-order valence-corrected chi connectivity index (χ4v) is 2.98. The minimum Gasteiger partial charge on any atom is -0.431 e. The summed E-state index contributed by atoms with van der Waals surface area (Å²) in [5.41, 5.74) is 2.86. The maximum absolute atomic E-state index is 5.74. The molecule has 1 unspecified atom stereocenters. The second kappa shape index (κ2) is 4.87. The van der Waals surface area contributed by atoms with E-state index in [2.05, 4.69) is 15.1 Å². The number of aryl methyl sites for hydroxylation is 1. The lowest BCUT2D eigenvalue weighted by atomic mass is 10.2. The highest BCUT2D eigenvalue weighted by Gasteiger charge is 2.30. The van der Waals surface area contributed by atoms with Crippen LogP contribution in [0.3, 0.4) is 0 Å². The summed E-state index contributed by atoms with van der Waals surface area (Å²) < 4.78 is 11.1. The van der Waals surface area contributed by atoms with Crippen LogP contribution >= 0.6 is 11.8 Å². The molecule has 2 heterocycles. The van der Waals surface area contributed by atoms with Crippen molar-refractivity contribution in [1.82, 2.24) is 15.1 Å². The van der Waals surface area contributed by atoms with E-state index >= 15 is 0 Å². The van der Waals surface area contributed by atoms with Gasteiger partial charge in [-0.2, -0.15) is 4.98 Å². The Balaban J connectivity index is 1.54. The highest BCUT2D eigenvalue weighted by atomic mass is 32.2. The third kappa shape index (κ3) is 2.55. The van der Waals surface area contributed by atoms with E-state index in [1.165, 1.54) is 30.2 Å². The SMILES string of the molecule is Cc1ccc2oc(SC(C)c3nc(C4CC4)no3)nc2c1. The lowest BCUT2D eigenvalue weighted by Gasteiger charge is -2.00. The summed E-state index contributed by atoms with van der Waals surface area (Å²) in [5.74, 6) is 1.98. The van der Waals surface area contributed by atoms with Crippen molar-refractivity contribution in [3.8, 4) is 0 Å². The zero-order chi connectivity index (χ0) is 14.4. The van der Waals surface area contributed by atoms with Gasteiger partial charge in [0.2, 0.25) is 5.89 Å². The lowest BCUT2D eigenvalue weighted by molar-refractivity contribution is 0.374. The summed E-state index contributed by atoms with van der Waals surface area (Å²) in [5, 5.41) is 4.71. The van der Waals surface area contributed by atoms with Gasteiger partial charge < -0.3 is 8.94 Å². The Hall–Kier alpha value is -1.82. The van der Waals surface area contributed by atoms with E-state index < -0.39 is 0 Å². The molecule has 1 atom stereocenters. The van der Waals surface area contributed by atoms with Crippen molar-refractivity contribution < 1.29 is 8.94 Å². The van der Waals surface area contributed by atoms with Crippen LogP contribution in [-0.2, 0) is 0 Å². The zero-order valence-electron chi connectivity index (χ0n) is 11.9. The fourth-order valence-electron chi connectivity index (χ4n) is 2.19. The molecule has 0 spiro atoms. The van der Waals surface area contributed by atoms with Gasteiger partial charge in [0, 0.05) is 5.92 Å². The lowest BCUT2D eigenvalue weighted by Crippen LogP contribution is -1.89. The van der Waals surface area contributed by atoms with Gasteiger partial charge in [0.1, 0.15) is 5.52 Å². The van der Waals surface area contributed by atoms with Gasteiger partial charge in [-0.25, -0.2) is 4.98 Å². The molecule has 1 saturated carbocycles. The molecule has 3 aromatic rings. The summed E-state index contributed by atoms with van der Waals surface area (Å²) in [6.07, 6.45) is 2.34. The van der Waals surface area contributed by atoms with E-state index in [4.69, 9.17) is 8.94 Å². The van der Waals surface area contributed by atoms with Crippen LogP contribution in [-0.4, -0.2) is 15.1 Å². The van der Waals surface area contributed by atoms with Gasteiger partial charge in [0.15, 0.2) is 11.4 Å². The van der Waals surface area contributed by atoms with Gasteiger partial charge in [-0.15, -0.1) is 0 Å². The predicted molar refractivity (Wildman–Crippen MR) is 79.3 cm³/mol. The van der Waals surface area contributed by atoms with Gasteiger partial charge in [0.05, 0.1) is 5.25 Å². The Kier molecular flexibility index (Phi) is 2.99. The molecular formula is C15H15N3O2S. The molecule has 0 amide bonds. The molecule has 6 heteroatoms. The van der Waals surface area contributed by atoms with Crippen molar-refractivity contribution in [1.29, 1.82) is 0 Å². The number of benzene rings is 1. The fraction of sp³-hybridized carbons (Fsp3) is 0.400. The van der Waals surface area contributed by atoms with E-state index in [-0.39, 0.29) is 5.25 Å². The van der Waals surface area contributed by atoms with E-state index in [1.807, 2.05) is 32.0 Å². The third-order valence-corrected chi connectivity index (χ3v) is 4.48. The first-order chi connectivity index (χ1) is 10.2. The molecule has 2 aromatic heterocycles. The number of thioether (sulfide) groups is 1. The Morgan fingerprint density at radius 3 is 2.95 bits per heavy atom. The summed E-state index contributed by atoms with van der Waals surface area (Å²) in [7, 11) is 0. The molecule has 0 radical (unpaired) electrons. The molecule has 0 aliphatic heterocycles. The van der Waals surface area contributed by atoms with E-state index in [0.717, 1.165) is 16.9 Å². The molecule has 5 nitrogen and oxygen atoms in total. The Morgan fingerprint density at radius 1 is 1.29 bits per heavy atom. The number of hydrogen-bond donors (Lipinski definition) is 0. The number of aromatic nitrogens is 3. The van der Waals surface area contributed by atoms with Crippen LogP contribution in [0.15, 0.2) is 32.4 Å². The first-order valence-electron chi connectivity index (χ1n) is 7.06. The van der Waals surface area contributed by atoms with Gasteiger partial charge in [0.25, 0.3) is 5.22 Å². The smallest absolute Gasteiger partial charge is 0.257 e. The largest absolute Gasteiger partial charge is 0.431 e. The predicted octanol–water partition coefficient (Wildman–Crippen LogP) is 4.25. The number of hydrogen-bond acceptors (Lipinski definition) is 6. The van der Waals surface area contributed by atoms with Crippen LogP contribution in [0.5, 0.6) is 0 Å². The number of oxazole rings is 1. The van der Waals surface area contributed by atoms with Crippen molar-refractivity contribution in [2.75, 3.05) is 0 Å². The molecule has 21 heavy (non-hydrogen) atoms. The molecule has 4 rings (SSSR count). The van der Waals surface area contributed by atoms with Crippen LogP contribution in [0, 0.1) is 6.92 Å². The highest BCUT2D eigenvalue weighted by molar-refractivity contribution is 7.99. The maximum atomic E-state index is 5.74. The number of nitrogens with zero attached hydrogens (tertiary/aromatic N) is 3. The van der Waals surface area contributed by atoms with E-state index in [1.54, 1.807) is 0 Å². The van der Waals surface area contributed by atoms with Crippen LogP contribution < -0.4 is 0 Å². The van der Waals surface area contributed by atoms with Crippen LogP contribution in [0.4, 0.5) is 0 Å². The normalized spacial score (nSPS) is 16.5. The Morgan fingerprint density at radius 2 is 2.14 bits per heavy atom. The number of fused-ring (bicyclic) bond motifs is 1. The van der Waals surface area contributed by atoms with Crippen LogP contribution in [0.1, 0.15) is 48.2 Å². The first-order valence-corrected chi connectivity index (χ1v) is 7.94. The van der Waals surface area contributed by atoms with Crippen molar-refractivity contribution in [3.63, 3.8) is 0 Å². The van der Waals surface area contributed by atoms with E-state index in [9.17, 15) is 0 Å². The van der Waals surface area contributed by atoms with Gasteiger partial charge in [-0.05, 0) is 44.4 Å². The number of rotatable bonds is 4. The van der Waals surface area contributed by atoms with Gasteiger partial charge in [-0.1, -0.05) is 23.0 Å². The van der Waals surface area contributed by atoms with Crippen molar-refractivity contribution in [2.24, 2.45) is 0 Å². The summed E-state index contributed by atoms with van der Waals surface area (Å²) in [4.78, 5) is 8.97. The Labute approximate surface area is 126 Å². The van der Waals surface area contributed by atoms with Crippen LogP contribution in [0.2, 0.25) is 0 Å². The quantitative estimate of drug-likeness (QED) is 0.671. The first kappa shape index (κ1) is 12.9. The molecule has 1 fully saturated rings. The van der Waals surface area contributed by atoms with Crippen molar-refractivity contribution in [3.05, 3.63) is 35.5 Å². The molecule has 1 aromatic carbocycles. The molecule has 1 aliphatic carbocycles. The van der Waals surface area contributed by atoms with Gasteiger partial charge in [-0.3, -0.25) is 0 Å². The highest BCUT2D eigenvalue weighted by Crippen LogP contribution is 2.40. The topological polar surface area (TPSA) is 65.0 Å². The molecule has 0 bridgehead atoms. The second-order valence-electron chi connectivity index (χ2n) is 5.48. The van der Waals surface area contributed by atoms with E-state index in [0.29, 0.717) is 17.0 Å². The average molecular weight is 301 g/mol. The average Bonchev–Trinajstić information content (AvgIpc) is 3.05. The molecule has 0 N–H and O–H groups in total. The Bertz CT molecular complexity index is 791. The van der Waals surface area contributed by atoms with Crippen molar-refractivity contribution in [2.45, 2.75) is 43.1 Å². The minimum absolute atomic E-state index is 0.0270. The second-order valence-corrected chi connectivity index (χ2v) is 6.77. The van der Waals surface area contributed by atoms with Crippen LogP contribution in [0.25, 0.3) is 11.1 Å². The monoisotopic (exact) mass is 301 g/mol. The summed E-state index contributed by atoms with van der Waals surface area (Å²) in [6.45, 7) is 4.07. The third-order valence-electron chi connectivity index (χ3n) is 3.55. The van der Waals surface area contributed by atoms with Gasteiger partial charge >= 0.3 is 0 Å².